The second-order valence-corrected chi connectivity index (χ2v) is 5.57. The van der Waals surface area contributed by atoms with Crippen LogP contribution in [-0.4, -0.2) is 17.7 Å². The zero-order valence-corrected chi connectivity index (χ0v) is 13.0. The van der Waals surface area contributed by atoms with E-state index in [0.29, 0.717) is 0 Å². The fraction of sp³-hybridized carbons (Fsp3) is 0.556. The molecule has 0 spiro atoms. The van der Waals surface area contributed by atoms with Gasteiger partial charge in [-0.1, -0.05) is 32.0 Å². The molecule has 2 aromatic rings. The van der Waals surface area contributed by atoms with Gasteiger partial charge in [-0.3, -0.25) is 0 Å². The van der Waals surface area contributed by atoms with E-state index >= 15 is 0 Å². The van der Waals surface area contributed by atoms with Gasteiger partial charge in [-0.25, -0.2) is 0 Å². The van der Waals surface area contributed by atoms with E-state index in [-0.39, 0.29) is 0 Å². The number of rotatable bonds is 9. The number of aromatic nitrogens is 1. The third-order valence-corrected chi connectivity index (χ3v) is 3.81. The van der Waals surface area contributed by atoms with Crippen LogP contribution in [0.4, 0.5) is 0 Å². The van der Waals surface area contributed by atoms with Crippen molar-refractivity contribution >= 4 is 10.9 Å². The number of aryl methyl sites for hydroxylation is 2. The number of fused-ring (bicyclic) bond motifs is 1. The quantitative estimate of drug-likeness (QED) is 0.671. The molecule has 0 aliphatic rings. The van der Waals surface area contributed by atoms with Crippen molar-refractivity contribution in [3.63, 3.8) is 0 Å². The zero-order chi connectivity index (χ0) is 14.2. The summed E-state index contributed by atoms with van der Waals surface area (Å²) in [5.41, 5.74) is 2.91. The van der Waals surface area contributed by atoms with Crippen LogP contribution in [0.25, 0.3) is 10.9 Å². The molecule has 0 radical (unpaired) electrons. The van der Waals surface area contributed by atoms with Crippen molar-refractivity contribution in [3.8, 4) is 0 Å². The van der Waals surface area contributed by atoms with Gasteiger partial charge in [0.05, 0.1) is 0 Å². The van der Waals surface area contributed by atoms with Crippen molar-refractivity contribution in [3.05, 3.63) is 36.0 Å². The maximum Gasteiger partial charge on any atom is 0.0483 e. The summed E-state index contributed by atoms with van der Waals surface area (Å²) in [5, 5.41) is 4.93. The van der Waals surface area contributed by atoms with Crippen molar-refractivity contribution in [2.24, 2.45) is 0 Å². The van der Waals surface area contributed by atoms with Crippen LogP contribution in [0.15, 0.2) is 30.5 Å². The van der Waals surface area contributed by atoms with Gasteiger partial charge < -0.3 is 9.88 Å². The standard InChI is InChI=1S/C18H28N2/c1-3-12-19-13-8-7-9-16-15-20(14-4-2)18-11-6-5-10-17(16)18/h5-6,10-11,15,19H,3-4,7-9,12-14H2,1-2H3. The molecule has 1 aromatic carbocycles. The van der Waals surface area contributed by atoms with Gasteiger partial charge in [0.1, 0.15) is 0 Å². The molecule has 0 atom stereocenters. The summed E-state index contributed by atoms with van der Waals surface area (Å²) >= 11 is 0. The highest BCUT2D eigenvalue weighted by atomic mass is 15.0. The Morgan fingerprint density at radius 2 is 1.85 bits per heavy atom. The summed E-state index contributed by atoms with van der Waals surface area (Å²) < 4.78 is 2.42. The molecular weight excluding hydrogens is 244 g/mol. The summed E-state index contributed by atoms with van der Waals surface area (Å²) in [6.45, 7) is 7.89. The molecule has 0 saturated carbocycles. The molecule has 0 fully saturated rings. The summed E-state index contributed by atoms with van der Waals surface area (Å²) in [4.78, 5) is 0. The molecule has 0 saturated heterocycles. The summed E-state index contributed by atoms with van der Waals surface area (Å²) in [5.74, 6) is 0. The van der Waals surface area contributed by atoms with Crippen LogP contribution in [0, 0.1) is 0 Å². The molecule has 0 aliphatic carbocycles. The predicted octanol–water partition coefficient (Wildman–Crippen LogP) is 4.37. The van der Waals surface area contributed by atoms with Crippen molar-refractivity contribution in [2.45, 2.75) is 52.5 Å². The average Bonchev–Trinajstić information content (AvgIpc) is 2.82. The van der Waals surface area contributed by atoms with Crippen molar-refractivity contribution in [1.82, 2.24) is 9.88 Å². The molecule has 0 unspecified atom stereocenters. The third kappa shape index (κ3) is 3.86. The smallest absolute Gasteiger partial charge is 0.0483 e. The largest absolute Gasteiger partial charge is 0.347 e. The molecule has 1 heterocycles. The van der Waals surface area contributed by atoms with E-state index in [1.165, 1.54) is 48.6 Å². The van der Waals surface area contributed by atoms with Crippen LogP contribution < -0.4 is 5.32 Å². The highest BCUT2D eigenvalue weighted by molar-refractivity contribution is 5.83. The second-order valence-electron chi connectivity index (χ2n) is 5.57. The van der Waals surface area contributed by atoms with Gasteiger partial charge in [-0.2, -0.15) is 0 Å². The number of nitrogens with zero attached hydrogens (tertiary/aromatic N) is 1. The third-order valence-electron chi connectivity index (χ3n) is 3.81. The molecular formula is C18H28N2. The molecule has 110 valence electrons. The van der Waals surface area contributed by atoms with E-state index < -0.39 is 0 Å². The Morgan fingerprint density at radius 1 is 1.00 bits per heavy atom. The topological polar surface area (TPSA) is 17.0 Å². The summed E-state index contributed by atoms with van der Waals surface area (Å²) in [6.07, 6.45) is 8.53. The minimum atomic E-state index is 1.12. The molecule has 0 aliphatic heterocycles. The predicted molar refractivity (Wildman–Crippen MR) is 88.3 cm³/mol. The maximum absolute atomic E-state index is 3.48. The minimum Gasteiger partial charge on any atom is -0.347 e. The van der Waals surface area contributed by atoms with Crippen molar-refractivity contribution in [2.75, 3.05) is 13.1 Å². The highest BCUT2D eigenvalue weighted by Gasteiger charge is 2.06. The van der Waals surface area contributed by atoms with Crippen LogP contribution in [0.2, 0.25) is 0 Å². The highest BCUT2D eigenvalue weighted by Crippen LogP contribution is 2.23. The SMILES string of the molecule is CCCNCCCCc1cn(CCC)c2ccccc12. The van der Waals surface area contributed by atoms with Crippen LogP contribution >= 0.6 is 0 Å². The van der Waals surface area contributed by atoms with Crippen LogP contribution in [0.1, 0.15) is 45.1 Å². The Labute approximate surface area is 123 Å². The van der Waals surface area contributed by atoms with Gasteiger partial charge >= 0.3 is 0 Å². The zero-order valence-electron chi connectivity index (χ0n) is 13.0. The lowest BCUT2D eigenvalue weighted by Gasteiger charge is -2.02. The van der Waals surface area contributed by atoms with E-state index in [9.17, 15) is 0 Å². The van der Waals surface area contributed by atoms with E-state index in [1.54, 1.807) is 0 Å². The first-order valence-electron chi connectivity index (χ1n) is 8.14. The van der Waals surface area contributed by atoms with E-state index in [2.05, 4.69) is 54.2 Å². The monoisotopic (exact) mass is 272 g/mol. The lowest BCUT2D eigenvalue weighted by atomic mass is 10.1. The lowest BCUT2D eigenvalue weighted by molar-refractivity contribution is 0.616. The van der Waals surface area contributed by atoms with E-state index in [1.807, 2.05) is 0 Å². The first kappa shape index (κ1) is 15.1. The van der Waals surface area contributed by atoms with Gasteiger partial charge in [-0.15, -0.1) is 0 Å². The molecule has 2 heteroatoms. The molecule has 2 rings (SSSR count). The van der Waals surface area contributed by atoms with Crippen molar-refractivity contribution < 1.29 is 0 Å². The van der Waals surface area contributed by atoms with Gasteiger partial charge in [0, 0.05) is 23.6 Å². The number of para-hydroxylation sites is 1. The summed E-state index contributed by atoms with van der Waals surface area (Å²) in [6, 6.07) is 8.82. The number of nitrogens with one attached hydrogen (secondary N) is 1. The molecule has 0 amide bonds. The number of unbranched alkanes of at least 4 members (excludes halogenated alkanes) is 1. The molecule has 20 heavy (non-hydrogen) atoms. The normalized spacial score (nSPS) is 11.3. The van der Waals surface area contributed by atoms with Crippen molar-refractivity contribution in [1.29, 1.82) is 0 Å². The molecule has 1 N–H and O–H groups in total. The fourth-order valence-corrected chi connectivity index (χ4v) is 2.82. The Bertz CT molecular complexity index is 513. The van der Waals surface area contributed by atoms with Gasteiger partial charge in [0.25, 0.3) is 0 Å². The first-order chi connectivity index (χ1) is 9.86. The molecule has 0 bridgehead atoms. The first-order valence-corrected chi connectivity index (χ1v) is 8.14. The number of hydrogen-bond donors (Lipinski definition) is 1. The lowest BCUT2D eigenvalue weighted by Crippen LogP contribution is -2.15. The fourth-order valence-electron chi connectivity index (χ4n) is 2.82. The average molecular weight is 272 g/mol. The Kier molecular flexibility index (Phi) is 6.13. The molecule has 2 nitrogen and oxygen atoms in total. The van der Waals surface area contributed by atoms with Gasteiger partial charge in [-0.05, 0) is 56.8 Å². The number of hydrogen-bond acceptors (Lipinski definition) is 1. The minimum absolute atomic E-state index is 1.12. The second kappa shape index (κ2) is 8.11. The Balaban J connectivity index is 1.95. The Hall–Kier alpha value is -1.28. The maximum atomic E-state index is 3.48. The van der Waals surface area contributed by atoms with Crippen LogP contribution in [0.5, 0.6) is 0 Å². The van der Waals surface area contributed by atoms with Crippen LogP contribution in [-0.2, 0) is 13.0 Å². The summed E-state index contributed by atoms with van der Waals surface area (Å²) in [7, 11) is 0. The van der Waals surface area contributed by atoms with E-state index in [4.69, 9.17) is 0 Å². The Morgan fingerprint density at radius 3 is 2.65 bits per heavy atom. The van der Waals surface area contributed by atoms with Crippen LogP contribution in [0.3, 0.4) is 0 Å². The molecule has 1 aromatic heterocycles. The van der Waals surface area contributed by atoms with Gasteiger partial charge in [0.15, 0.2) is 0 Å². The van der Waals surface area contributed by atoms with Gasteiger partial charge in [0.2, 0.25) is 0 Å². The number of benzene rings is 1. The van der Waals surface area contributed by atoms with E-state index in [0.717, 1.165) is 19.6 Å².